The Morgan fingerprint density at radius 3 is 2.43 bits per heavy atom. The highest BCUT2D eigenvalue weighted by atomic mass is 16.3. The van der Waals surface area contributed by atoms with Gasteiger partial charge in [-0.25, -0.2) is 4.79 Å². The number of hydrogen-bond donors (Lipinski definition) is 2. The number of aromatic amines is 1. The van der Waals surface area contributed by atoms with Gasteiger partial charge in [-0.15, -0.1) is 0 Å². The summed E-state index contributed by atoms with van der Waals surface area (Å²) >= 11 is 0. The van der Waals surface area contributed by atoms with Crippen molar-refractivity contribution in [3.8, 4) is 0 Å². The number of H-pyrrole nitrogens is 1. The second-order valence-electron chi connectivity index (χ2n) is 3.45. The SMILES string of the molecule is Cc1cc(=O)n(C(C)C(C)O)c(=O)[nH]1. The van der Waals surface area contributed by atoms with Crippen molar-refractivity contribution in [2.75, 3.05) is 0 Å². The van der Waals surface area contributed by atoms with Gasteiger partial charge < -0.3 is 10.1 Å². The minimum atomic E-state index is -0.739. The van der Waals surface area contributed by atoms with Gasteiger partial charge in [-0.3, -0.25) is 9.36 Å². The second-order valence-corrected chi connectivity index (χ2v) is 3.45. The molecule has 1 heterocycles. The Balaban J connectivity index is 3.36. The molecule has 0 aliphatic rings. The monoisotopic (exact) mass is 198 g/mol. The van der Waals surface area contributed by atoms with Gasteiger partial charge in [0.05, 0.1) is 12.1 Å². The summed E-state index contributed by atoms with van der Waals surface area (Å²) in [5.41, 5.74) is -0.350. The van der Waals surface area contributed by atoms with Crippen molar-refractivity contribution in [1.29, 1.82) is 0 Å². The Hall–Kier alpha value is -1.36. The second kappa shape index (κ2) is 3.79. The van der Waals surface area contributed by atoms with Gasteiger partial charge in [-0.1, -0.05) is 0 Å². The van der Waals surface area contributed by atoms with Crippen LogP contribution in [0.1, 0.15) is 25.6 Å². The summed E-state index contributed by atoms with van der Waals surface area (Å²) in [6.45, 7) is 4.80. The fourth-order valence-corrected chi connectivity index (χ4v) is 1.22. The highest BCUT2D eigenvalue weighted by molar-refractivity contribution is 4.97. The van der Waals surface area contributed by atoms with E-state index in [0.717, 1.165) is 4.57 Å². The van der Waals surface area contributed by atoms with Gasteiger partial charge in [0.1, 0.15) is 0 Å². The van der Waals surface area contributed by atoms with E-state index in [4.69, 9.17) is 0 Å². The average Bonchev–Trinajstić information content (AvgIpc) is 2.01. The minimum Gasteiger partial charge on any atom is -0.391 e. The molecule has 1 aromatic heterocycles. The minimum absolute atomic E-state index is 0.389. The smallest absolute Gasteiger partial charge is 0.328 e. The number of aromatic nitrogens is 2. The van der Waals surface area contributed by atoms with E-state index in [0.29, 0.717) is 5.69 Å². The maximum Gasteiger partial charge on any atom is 0.328 e. The molecule has 14 heavy (non-hydrogen) atoms. The largest absolute Gasteiger partial charge is 0.391 e. The lowest BCUT2D eigenvalue weighted by Crippen LogP contribution is -2.40. The van der Waals surface area contributed by atoms with E-state index in [1.807, 2.05) is 0 Å². The summed E-state index contributed by atoms with van der Waals surface area (Å²) in [6.07, 6.45) is -0.739. The Morgan fingerprint density at radius 2 is 2.00 bits per heavy atom. The van der Waals surface area contributed by atoms with Crippen LogP contribution in [0, 0.1) is 6.92 Å². The summed E-state index contributed by atoms with van der Waals surface area (Å²) in [4.78, 5) is 25.4. The third kappa shape index (κ3) is 1.93. The zero-order valence-corrected chi connectivity index (χ0v) is 8.44. The molecule has 0 bridgehead atoms. The number of nitrogens with one attached hydrogen (secondary N) is 1. The molecule has 1 rings (SSSR count). The number of rotatable bonds is 2. The van der Waals surface area contributed by atoms with Crippen LogP contribution in [-0.4, -0.2) is 20.8 Å². The van der Waals surface area contributed by atoms with Crippen molar-refractivity contribution in [3.05, 3.63) is 32.6 Å². The van der Waals surface area contributed by atoms with Gasteiger partial charge in [0.15, 0.2) is 0 Å². The molecule has 0 fully saturated rings. The van der Waals surface area contributed by atoms with Crippen molar-refractivity contribution in [1.82, 2.24) is 9.55 Å². The van der Waals surface area contributed by atoms with E-state index in [9.17, 15) is 14.7 Å². The quantitative estimate of drug-likeness (QED) is 0.690. The number of hydrogen-bond acceptors (Lipinski definition) is 3. The summed E-state index contributed by atoms with van der Waals surface area (Å²) in [7, 11) is 0. The summed E-state index contributed by atoms with van der Waals surface area (Å²) in [6, 6.07) is 0.812. The molecule has 0 aliphatic carbocycles. The van der Waals surface area contributed by atoms with Crippen LogP contribution in [0.15, 0.2) is 15.7 Å². The molecule has 0 aromatic carbocycles. The molecule has 2 N–H and O–H groups in total. The van der Waals surface area contributed by atoms with Crippen molar-refractivity contribution >= 4 is 0 Å². The highest BCUT2D eigenvalue weighted by Gasteiger charge is 2.15. The molecule has 1 aromatic rings. The molecule has 5 heteroatoms. The first-order chi connectivity index (χ1) is 6.43. The Morgan fingerprint density at radius 1 is 1.43 bits per heavy atom. The zero-order valence-electron chi connectivity index (χ0n) is 8.44. The van der Waals surface area contributed by atoms with Crippen LogP contribution in [0.2, 0.25) is 0 Å². The molecule has 0 spiro atoms. The van der Waals surface area contributed by atoms with E-state index in [2.05, 4.69) is 4.98 Å². The lowest BCUT2D eigenvalue weighted by Gasteiger charge is -2.16. The van der Waals surface area contributed by atoms with E-state index < -0.39 is 17.8 Å². The van der Waals surface area contributed by atoms with Crippen LogP contribution in [0.25, 0.3) is 0 Å². The standard InChI is InChI=1S/C9H14N2O3/c1-5-4-8(13)11(9(14)10-5)6(2)7(3)12/h4,6-7,12H,1-3H3,(H,10,14). The first kappa shape index (κ1) is 10.7. The molecule has 2 atom stereocenters. The molecule has 2 unspecified atom stereocenters. The molecule has 0 aliphatic heterocycles. The predicted octanol–water partition coefficient (Wildman–Crippen LogP) is -0.213. The first-order valence-corrected chi connectivity index (χ1v) is 4.44. The maximum atomic E-state index is 11.4. The Labute approximate surface area is 81.0 Å². The third-order valence-corrected chi connectivity index (χ3v) is 2.21. The lowest BCUT2D eigenvalue weighted by molar-refractivity contribution is 0.134. The third-order valence-electron chi connectivity index (χ3n) is 2.21. The van der Waals surface area contributed by atoms with Crippen molar-refractivity contribution in [2.24, 2.45) is 0 Å². The van der Waals surface area contributed by atoms with E-state index in [-0.39, 0.29) is 5.56 Å². The number of aliphatic hydroxyl groups excluding tert-OH is 1. The van der Waals surface area contributed by atoms with E-state index >= 15 is 0 Å². The van der Waals surface area contributed by atoms with Crippen LogP contribution in [0.3, 0.4) is 0 Å². The maximum absolute atomic E-state index is 11.4. The van der Waals surface area contributed by atoms with E-state index in [1.165, 1.54) is 13.0 Å². The summed E-state index contributed by atoms with van der Waals surface area (Å²) in [5, 5.41) is 9.28. The van der Waals surface area contributed by atoms with Crippen LogP contribution in [-0.2, 0) is 0 Å². The van der Waals surface area contributed by atoms with Crippen molar-refractivity contribution < 1.29 is 5.11 Å². The predicted molar refractivity (Wildman–Crippen MR) is 52.5 cm³/mol. The summed E-state index contributed by atoms with van der Waals surface area (Å²) < 4.78 is 1.01. The molecule has 0 saturated heterocycles. The van der Waals surface area contributed by atoms with Gasteiger partial charge in [0.25, 0.3) is 5.56 Å². The van der Waals surface area contributed by atoms with Crippen LogP contribution >= 0.6 is 0 Å². The average molecular weight is 198 g/mol. The van der Waals surface area contributed by atoms with Crippen molar-refractivity contribution in [2.45, 2.75) is 32.9 Å². The van der Waals surface area contributed by atoms with Gasteiger partial charge >= 0.3 is 5.69 Å². The van der Waals surface area contributed by atoms with Gasteiger partial charge in [0.2, 0.25) is 0 Å². The Bertz CT molecular complexity index is 399. The zero-order chi connectivity index (χ0) is 10.9. The fraction of sp³-hybridized carbons (Fsp3) is 0.556. The highest BCUT2D eigenvalue weighted by Crippen LogP contribution is 2.04. The molecule has 0 radical (unpaired) electrons. The number of nitrogens with zero attached hydrogens (tertiary/aromatic N) is 1. The first-order valence-electron chi connectivity index (χ1n) is 4.44. The number of aryl methyl sites for hydroxylation is 1. The van der Waals surface area contributed by atoms with Crippen molar-refractivity contribution in [3.63, 3.8) is 0 Å². The van der Waals surface area contributed by atoms with E-state index in [1.54, 1.807) is 13.8 Å². The normalized spacial score (nSPS) is 15.1. The van der Waals surface area contributed by atoms with Crippen LogP contribution in [0.4, 0.5) is 0 Å². The molecular weight excluding hydrogens is 184 g/mol. The molecule has 0 saturated carbocycles. The van der Waals surface area contributed by atoms with Gasteiger partial charge in [0, 0.05) is 11.8 Å². The van der Waals surface area contributed by atoms with Gasteiger partial charge in [-0.2, -0.15) is 0 Å². The molecule has 78 valence electrons. The van der Waals surface area contributed by atoms with Crippen LogP contribution in [0.5, 0.6) is 0 Å². The topological polar surface area (TPSA) is 75.1 Å². The van der Waals surface area contributed by atoms with Gasteiger partial charge in [-0.05, 0) is 20.8 Å². The molecule has 0 amide bonds. The number of aliphatic hydroxyl groups is 1. The summed E-state index contributed by atoms with van der Waals surface area (Å²) in [5.74, 6) is 0. The Kier molecular flexibility index (Phi) is 2.90. The lowest BCUT2D eigenvalue weighted by atomic mass is 10.2. The van der Waals surface area contributed by atoms with Crippen LogP contribution < -0.4 is 11.2 Å². The fourth-order valence-electron chi connectivity index (χ4n) is 1.22. The molecule has 5 nitrogen and oxygen atoms in total. The molecular formula is C9H14N2O3.